The van der Waals surface area contributed by atoms with Crippen LogP contribution in [0.2, 0.25) is 0 Å². The van der Waals surface area contributed by atoms with Crippen LogP contribution in [-0.4, -0.2) is 62.9 Å². The minimum absolute atomic E-state index is 0.230. The van der Waals surface area contributed by atoms with Crippen LogP contribution in [0.5, 0.6) is 5.75 Å². The highest BCUT2D eigenvalue weighted by atomic mass is 16.5. The van der Waals surface area contributed by atoms with Gasteiger partial charge in [0.2, 0.25) is 0 Å². The Balaban J connectivity index is 1.55. The molecule has 6 nitrogen and oxygen atoms in total. The van der Waals surface area contributed by atoms with Crippen LogP contribution in [0.1, 0.15) is 31.9 Å². The van der Waals surface area contributed by atoms with Crippen LogP contribution in [0.4, 0.5) is 0 Å². The van der Waals surface area contributed by atoms with Crippen LogP contribution >= 0.6 is 0 Å². The van der Waals surface area contributed by atoms with Gasteiger partial charge in [-0.3, -0.25) is 9.89 Å². The summed E-state index contributed by atoms with van der Waals surface area (Å²) in [6.07, 6.45) is 0.938. The summed E-state index contributed by atoms with van der Waals surface area (Å²) in [5, 5.41) is 7.03. The number of morpholine rings is 1. The van der Waals surface area contributed by atoms with E-state index in [-0.39, 0.29) is 6.04 Å². The van der Waals surface area contributed by atoms with E-state index in [9.17, 15) is 0 Å². The number of benzene rings is 1. The highest BCUT2D eigenvalue weighted by Crippen LogP contribution is 2.31. The van der Waals surface area contributed by atoms with Gasteiger partial charge < -0.3 is 20.1 Å². The summed E-state index contributed by atoms with van der Waals surface area (Å²) in [5.74, 6) is 1.81. The second-order valence-electron chi connectivity index (χ2n) is 6.84. The van der Waals surface area contributed by atoms with Gasteiger partial charge in [0, 0.05) is 44.2 Å². The Bertz CT molecular complexity index is 593. The molecular formula is C19H30N4O2. The van der Waals surface area contributed by atoms with Crippen molar-refractivity contribution in [1.82, 2.24) is 15.5 Å². The smallest absolute Gasteiger partial charge is 0.191 e. The number of hydrogen-bond acceptors (Lipinski definition) is 4. The maximum absolute atomic E-state index is 5.74. The van der Waals surface area contributed by atoms with Crippen molar-refractivity contribution in [3.8, 4) is 5.75 Å². The van der Waals surface area contributed by atoms with Gasteiger partial charge in [-0.05, 0) is 19.9 Å². The number of guanidine groups is 1. The number of ether oxygens (including phenoxy) is 2. The molecule has 6 heteroatoms. The quantitative estimate of drug-likeness (QED) is 0.643. The molecule has 2 aliphatic rings. The summed E-state index contributed by atoms with van der Waals surface area (Å²) in [4.78, 5) is 6.90. The molecule has 3 rings (SSSR count). The Morgan fingerprint density at radius 1 is 1.36 bits per heavy atom. The fraction of sp³-hybridized carbons (Fsp3) is 0.632. The Labute approximate surface area is 150 Å². The first-order valence-electron chi connectivity index (χ1n) is 9.21. The van der Waals surface area contributed by atoms with E-state index in [1.54, 1.807) is 0 Å². The molecular weight excluding hydrogens is 316 g/mol. The van der Waals surface area contributed by atoms with Crippen molar-refractivity contribution in [2.24, 2.45) is 4.99 Å². The fourth-order valence-electron chi connectivity index (χ4n) is 3.61. The summed E-state index contributed by atoms with van der Waals surface area (Å²) in [5.41, 5.74) is 1.20. The summed E-state index contributed by atoms with van der Waals surface area (Å²) >= 11 is 0. The van der Waals surface area contributed by atoms with Crippen LogP contribution < -0.4 is 15.4 Å². The van der Waals surface area contributed by atoms with Crippen LogP contribution in [0.25, 0.3) is 0 Å². The molecule has 0 spiro atoms. The monoisotopic (exact) mass is 346 g/mol. The molecule has 2 aliphatic heterocycles. The van der Waals surface area contributed by atoms with Gasteiger partial charge in [0.25, 0.3) is 0 Å². The molecule has 0 amide bonds. The lowest BCUT2D eigenvalue weighted by atomic mass is 10.0. The van der Waals surface area contributed by atoms with E-state index in [2.05, 4.69) is 46.5 Å². The third-order valence-corrected chi connectivity index (χ3v) is 5.04. The largest absolute Gasteiger partial charge is 0.493 e. The molecule has 0 bridgehead atoms. The molecule has 0 aromatic heterocycles. The number of nitrogens with zero attached hydrogens (tertiary/aromatic N) is 2. The predicted molar refractivity (Wildman–Crippen MR) is 100 cm³/mol. The average Bonchev–Trinajstić information content (AvgIpc) is 2.65. The second kappa shape index (κ2) is 8.54. The first-order chi connectivity index (χ1) is 12.2. The molecule has 0 saturated carbocycles. The van der Waals surface area contributed by atoms with Gasteiger partial charge >= 0.3 is 0 Å². The van der Waals surface area contributed by atoms with Crippen molar-refractivity contribution in [2.45, 2.75) is 38.4 Å². The minimum Gasteiger partial charge on any atom is -0.493 e. The molecule has 1 fully saturated rings. The third kappa shape index (κ3) is 4.44. The molecule has 2 N–H and O–H groups in total. The number of fused-ring (bicyclic) bond motifs is 1. The molecule has 0 radical (unpaired) electrons. The zero-order chi connectivity index (χ0) is 17.6. The number of para-hydroxylation sites is 1. The third-order valence-electron chi connectivity index (χ3n) is 5.04. The standard InChI is InChI=1S/C19H30N4O2/c1-14(23-9-11-24-13-15(23)2)12-21-19(20-3)22-17-8-10-25-18-7-5-4-6-16(17)18/h4-7,14-15,17H,8-13H2,1-3H3,(H2,20,21,22). The van der Waals surface area contributed by atoms with Crippen molar-refractivity contribution >= 4 is 5.96 Å². The Hall–Kier alpha value is -1.79. The normalized spacial score (nSPS) is 25.6. The molecule has 2 heterocycles. The van der Waals surface area contributed by atoms with E-state index in [1.165, 1.54) is 5.56 Å². The van der Waals surface area contributed by atoms with E-state index in [0.29, 0.717) is 12.1 Å². The molecule has 3 unspecified atom stereocenters. The molecule has 1 aromatic carbocycles. The number of nitrogens with one attached hydrogen (secondary N) is 2. The summed E-state index contributed by atoms with van der Waals surface area (Å²) in [6.45, 7) is 8.69. The SMILES string of the molecule is CN=C(NCC(C)N1CCOCC1C)NC1CCOc2ccccc21. The van der Waals surface area contributed by atoms with Gasteiger partial charge in [0.05, 0.1) is 25.9 Å². The molecule has 1 saturated heterocycles. The lowest BCUT2D eigenvalue weighted by Gasteiger charge is -2.38. The second-order valence-corrected chi connectivity index (χ2v) is 6.84. The van der Waals surface area contributed by atoms with Crippen LogP contribution in [0.3, 0.4) is 0 Å². The van der Waals surface area contributed by atoms with Gasteiger partial charge in [-0.2, -0.15) is 0 Å². The van der Waals surface area contributed by atoms with Crippen molar-refractivity contribution in [1.29, 1.82) is 0 Å². The topological polar surface area (TPSA) is 58.1 Å². The maximum Gasteiger partial charge on any atom is 0.191 e. The first-order valence-corrected chi connectivity index (χ1v) is 9.21. The predicted octanol–water partition coefficient (Wildman–Crippen LogP) is 1.78. The van der Waals surface area contributed by atoms with Gasteiger partial charge in [-0.25, -0.2) is 0 Å². The van der Waals surface area contributed by atoms with E-state index in [0.717, 1.165) is 51.0 Å². The van der Waals surface area contributed by atoms with Crippen molar-refractivity contribution in [3.63, 3.8) is 0 Å². The van der Waals surface area contributed by atoms with E-state index in [1.807, 2.05) is 19.2 Å². The molecule has 3 atom stereocenters. The average molecular weight is 346 g/mol. The lowest BCUT2D eigenvalue weighted by molar-refractivity contribution is -0.0174. The highest BCUT2D eigenvalue weighted by molar-refractivity contribution is 5.80. The van der Waals surface area contributed by atoms with E-state index < -0.39 is 0 Å². The van der Waals surface area contributed by atoms with E-state index >= 15 is 0 Å². The molecule has 25 heavy (non-hydrogen) atoms. The Morgan fingerprint density at radius 3 is 3.00 bits per heavy atom. The summed E-state index contributed by atoms with van der Waals surface area (Å²) < 4.78 is 11.3. The summed E-state index contributed by atoms with van der Waals surface area (Å²) in [6, 6.07) is 9.34. The van der Waals surface area contributed by atoms with Crippen molar-refractivity contribution < 1.29 is 9.47 Å². The number of rotatable bonds is 4. The lowest BCUT2D eigenvalue weighted by Crippen LogP contribution is -2.53. The molecule has 138 valence electrons. The molecule has 0 aliphatic carbocycles. The zero-order valence-corrected chi connectivity index (χ0v) is 15.5. The maximum atomic E-state index is 5.74. The van der Waals surface area contributed by atoms with Crippen LogP contribution in [0, 0.1) is 0 Å². The summed E-state index contributed by atoms with van der Waals surface area (Å²) in [7, 11) is 1.82. The Morgan fingerprint density at radius 2 is 2.20 bits per heavy atom. The van der Waals surface area contributed by atoms with E-state index in [4.69, 9.17) is 9.47 Å². The zero-order valence-electron chi connectivity index (χ0n) is 15.5. The number of hydrogen-bond donors (Lipinski definition) is 2. The minimum atomic E-state index is 0.230. The molecule has 1 aromatic rings. The van der Waals surface area contributed by atoms with Crippen LogP contribution in [-0.2, 0) is 4.74 Å². The van der Waals surface area contributed by atoms with Gasteiger partial charge in [-0.1, -0.05) is 18.2 Å². The fourth-order valence-corrected chi connectivity index (χ4v) is 3.61. The van der Waals surface area contributed by atoms with Gasteiger partial charge in [0.1, 0.15) is 5.75 Å². The number of aliphatic imine (C=N–C) groups is 1. The van der Waals surface area contributed by atoms with Crippen molar-refractivity contribution in [3.05, 3.63) is 29.8 Å². The van der Waals surface area contributed by atoms with Crippen molar-refractivity contribution in [2.75, 3.05) is 40.0 Å². The first kappa shape index (κ1) is 18.0. The van der Waals surface area contributed by atoms with Gasteiger partial charge in [0.15, 0.2) is 5.96 Å². The van der Waals surface area contributed by atoms with Gasteiger partial charge in [-0.15, -0.1) is 0 Å². The van der Waals surface area contributed by atoms with Crippen LogP contribution in [0.15, 0.2) is 29.3 Å². The highest BCUT2D eigenvalue weighted by Gasteiger charge is 2.25. The Kier molecular flexibility index (Phi) is 6.15.